The van der Waals surface area contributed by atoms with E-state index < -0.39 is 0 Å². The van der Waals surface area contributed by atoms with E-state index in [1.165, 1.54) is 17.1 Å². The van der Waals surface area contributed by atoms with E-state index in [0.29, 0.717) is 0 Å². The number of hydrogen-bond acceptors (Lipinski definition) is 4. The number of hydrogen-bond donors (Lipinski definition) is 1. The van der Waals surface area contributed by atoms with Crippen LogP contribution in [0, 0.1) is 5.82 Å². The summed E-state index contributed by atoms with van der Waals surface area (Å²) in [7, 11) is 4.06. The summed E-state index contributed by atoms with van der Waals surface area (Å²) in [5, 5.41) is 5.37. The monoisotopic (exact) mass is 307 g/mol. The van der Waals surface area contributed by atoms with Crippen molar-refractivity contribution in [3.8, 4) is 0 Å². The molecule has 2 aromatic rings. The molecular weight excluding hydrogens is 285 g/mol. The van der Waals surface area contributed by atoms with E-state index >= 15 is 0 Å². The van der Waals surface area contributed by atoms with E-state index in [1.807, 2.05) is 18.4 Å². The summed E-state index contributed by atoms with van der Waals surface area (Å²) in [4.78, 5) is 7.91. The number of halogens is 1. The van der Waals surface area contributed by atoms with Crippen molar-refractivity contribution in [3.63, 3.8) is 0 Å². The Kier molecular flexibility index (Phi) is 6.29. The summed E-state index contributed by atoms with van der Waals surface area (Å²) in [6, 6.07) is 7.65. The first kappa shape index (κ1) is 16.1. The third kappa shape index (κ3) is 5.19. The smallest absolute Gasteiger partial charge is 0.141 e. The van der Waals surface area contributed by atoms with Crippen molar-refractivity contribution in [1.82, 2.24) is 15.2 Å². The lowest BCUT2D eigenvalue weighted by Crippen LogP contribution is -2.27. The standard InChI is InChI=1S/C16H22FN3S/c1-18-15(16-6-5-13(17)12-19-16)8-10-20(2)9-7-14-4-3-11-21-14/h3-6,11-12,15,18H,7-10H2,1-2H3. The van der Waals surface area contributed by atoms with Crippen molar-refractivity contribution in [3.05, 3.63) is 52.2 Å². The molecule has 2 heterocycles. The van der Waals surface area contributed by atoms with E-state index in [1.54, 1.807) is 6.07 Å². The molecule has 0 radical (unpaired) electrons. The Labute approximate surface area is 129 Å². The molecule has 21 heavy (non-hydrogen) atoms. The zero-order valence-electron chi connectivity index (χ0n) is 12.6. The Balaban J connectivity index is 1.78. The summed E-state index contributed by atoms with van der Waals surface area (Å²) in [5.41, 5.74) is 0.894. The van der Waals surface area contributed by atoms with E-state index in [-0.39, 0.29) is 11.9 Å². The van der Waals surface area contributed by atoms with Crippen molar-refractivity contribution < 1.29 is 4.39 Å². The molecule has 0 fully saturated rings. The van der Waals surface area contributed by atoms with Crippen LogP contribution in [0.5, 0.6) is 0 Å². The summed E-state index contributed by atoms with van der Waals surface area (Å²) in [5.74, 6) is -0.290. The molecule has 5 heteroatoms. The maximum atomic E-state index is 12.9. The molecule has 0 spiro atoms. The Morgan fingerprint density at radius 1 is 1.33 bits per heavy atom. The van der Waals surface area contributed by atoms with Gasteiger partial charge < -0.3 is 10.2 Å². The first-order chi connectivity index (χ1) is 10.2. The fourth-order valence-corrected chi connectivity index (χ4v) is 2.95. The predicted molar refractivity (Wildman–Crippen MR) is 86.1 cm³/mol. The topological polar surface area (TPSA) is 28.2 Å². The van der Waals surface area contributed by atoms with Crippen LogP contribution in [-0.2, 0) is 6.42 Å². The average Bonchev–Trinajstić information content (AvgIpc) is 3.01. The number of nitrogens with zero attached hydrogens (tertiary/aromatic N) is 2. The quantitative estimate of drug-likeness (QED) is 0.812. The fraction of sp³-hybridized carbons (Fsp3) is 0.438. The van der Waals surface area contributed by atoms with Crippen LogP contribution < -0.4 is 5.32 Å². The van der Waals surface area contributed by atoms with E-state index in [0.717, 1.165) is 31.6 Å². The highest BCUT2D eigenvalue weighted by molar-refractivity contribution is 7.09. The van der Waals surface area contributed by atoms with Crippen molar-refractivity contribution in [2.24, 2.45) is 0 Å². The van der Waals surface area contributed by atoms with Crippen molar-refractivity contribution in [2.45, 2.75) is 18.9 Å². The van der Waals surface area contributed by atoms with Crippen LogP contribution in [0.25, 0.3) is 0 Å². The van der Waals surface area contributed by atoms with Crippen LogP contribution in [-0.4, -0.2) is 37.1 Å². The molecule has 0 aliphatic rings. The van der Waals surface area contributed by atoms with Crippen molar-refractivity contribution >= 4 is 11.3 Å². The highest BCUT2D eigenvalue weighted by Crippen LogP contribution is 2.15. The number of aromatic nitrogens is 1. The molecule has 2 aromatic heterocycles. The molecule has 0 aromatic carbocycles. The van der Waals surface area contributed by atoms with Gasteiger partial charge >= 0.3 is 0 Å². The van der Waals surface area contributed by atoms with Gasteiger partial charge in [-0.1, -0.05) is 6.07 Å². The number of nitrogens with one attached hydrogen (secondary N) is 1. The maximum absolute atomic E-state index is 12.9. The number of pyridine rings is 1. The van der Waals surface area contributed by atoms with Crippen LogP contribution >= 0.6 is 11.3 Å². The Morgan fingerprint density at radius 3 is 2.81 bits per heavy atom. The van der Waals surface area contributed by atoms with Gasteiger partial charge in [0.15, 0.2) is 0 Å². The molecule has 1 unspecified atom stereocenters. The van der Waals surface area contributed by atoms with Gasteiger partial charge in [0.25, 0.3) is 0 Å². The van der Waals surface area contributed by atoms with E-state index in [9.17, 15) is 4.39 Å². The van der Waals surface area contributed by atoms with Gasteiger partial charge in [0, 0.05) is 11.4 Å². The zero-order valence-corrected chi connectivity index (χ0v) is 13.4. The number of likely N-dealkylation sites (N-methyl/N-ethyl adjacent to an activating group) is 1. The largest absolute Gasteiger partial charge is 0.312 e. The van der Waals surface area contributed by atoms with Crippen molar-refractivity contribution in [2.75, 3.05) is 27.2 Å². The summed E-state index contributed by atoms with van der Waals surface area (Å²) < 4.78 is 12.9. The van der Waals surface area contributed by atoms with Gasteiger partial charge in [-0.2, -0.15) is 0 Å². The Hall–Kier alpha value is -1.30. The van der Waals surface area contributed by atoms with Gasteiger partial charge in [-0.05, 0) is 57.1 Å². The van der Waals surface area contributed by atoms with Gasteiger partial charge in [0.1, 0.15) is 5.82 Å². The second-order valence-electron chi connectivity index (χ2n) is 5.16. The lowest BCUT2D eigenvalue weighted by Gasteiger charge is -2.21. The molecule has 1 N–H and O–H groups in total. The van der Waals surface area contributed by atoms with Gasteiger partial charge in [-0.3, -0.25) is 4.98 Å². The number of thiophene rings is 1. The third-order valence-corrected chi connectivity index (χ3v) is 4.51. The van der Waals surface area contributed by atoms with Crippen LogP contribution in [0.3, 0.4) is 0 Å². The SMILES string of the molecule is CNC(CCN(C)CCc1cccs1)c1ccc(F)cn1. The fourth-order valence-electron chi connectivity index (χ4n) is 2.25. The predicted octanol–water partition coefficient (Wildman–Crippen LogP) is 3.11. The van der Waals surface area contributed by atoms with Crippen LogP contribution in [0.4, 0.5) is 4.39 Å². The molecule has 3 nitrogen and oxygen atoms in total. The first-order valence-corrected chi connectivity index (χ1v) is 8.06. The molecule has 114 valence electrons. The first-order valence-electron chi connectivity index (χ1n) is 7.18. The zero-order chi connectivity index (χ0) is 15.1. The molecule has 0 amide bonds. The molecule has 0 aliphatic carbocycles. The van der Waals surface area contributed by atoms with Gasteiger partial charge in [0.05, 0.1) is 17.9 Å². The summed E-state index contributed by atoms with van der Waals surface area (Å²) in [6.45, 7) is 2.03. The minimum absolute atomic E-state index is 0.162. The van der Waals surface area contributed by atoms with E-state index in [4.69, 9.17) is 0 Å². The Bertz CT molecular complexity index is 513. The van der Waals surface area contributed by atoms with Crippen LogP contribution in [0.2, 0.25) is 0 Å². The second kappa shape index (κ2) is 8.22. The number of rotatable bonds is 8. The van der Waals surface area contributed by atoms with Gasteiger partial charge in [-0.15, -0.1) is 11.3 Å². The van der Waals surface area contributed by atoms with Gasteiger partial charge in [0.2, 0.25) is 0 Å². The third-order valence-electron chi connectivity index (χ3n) is 3.58. The lowest BCUT2D eigenvalue weighted by molar-refractivity contribution is 0.313. The lowest BCUT2D eigenvalue weighted by atomic mass is 10.1. The second-order valence-corrected chi connectivity index (χ2v) is 6.20. The maximum Gasteiger partial charge on any atom is 0.141 e. The summed E-state index contributed by atoms with van der Waals surface area (Å²) >= 11 is 1.81. The Morgan fingerprint density at radius 2 is 2.19 bits per heavy atom. The van der Waals surface area contributed by atoms with E-state index in [2.05, 4.69) is 39.8 Å². The highest BCUT2D eigenvalue weighted by atomic mass is 32.1. The molecule has 1 atom stereocenters. The highest BCUT2D eigenvalue weighted by Gasteiger charge is 2.12. The molecule has 0 aliphatic heterocycles. The van der Waals surface area contributed by atoms with Gasteiger partial charge in [-0.25, -0.2) is 4.39 Å². The normalized spacial score (nSPS) is 12.8. The molecule has 2 rings (SSSR count). The van der Waals surface area contributed by atoms with Crippen molar-refractivity contribution in [1.29, 1.82) is 0 Å². The molecule has 0 saturated heterocycles. The minimum Gasteiger partial charge on any atom is -0.312 e. The molecule has 0 saturated carbocycles. The molecular formula is C16H22FN3S. The summed E-state index contributed by atoms with van der Waals surface area (Å²) in [6.07, 6.45) is 3.32. The molecule has 0 bridgehead atoms. The van der Waals surface area contributed by atoms with Crippen LogP contribution in [0.1, 0.15) is 23.0 Å². The average molecular weight is 307 g/mol. The van der Waals surface area contributed by atoms with Crippen LogP contribution in [0.15, 0.2) is 35.8 Å². The minimum atomic E-state index is -0.290.